The fourth-order valence-electron chi connectivity index (χ4n) is 2.14. The van der Waals surface area contributed by atoms with Crippen LogP contribution in [0.15, 0.2) is 0 Å². The summed E-state index contributed by atoms with van der Waals surface area (Å²) in [5, 5.41) is 10.5. The van der Waals surface area contributed by atoms with Gasteiger partial charge in [-0.05, 0) is 26.2 Å². The fraction of sp³-hybridized carbons (Fsp3) is 0.818. The van der Waals surface area contributed by atoms with E-state index in [1.54, 1.807) is 22.6 Å². The van der Waals surface area contributed by atoms with Gasteiger partial charge in [0.15, 0.2) is 0 Å². The molecule has 0 atom stereocenters. The molecule has 0 radical (unpaired) electrons. The first kappa shape index (κ1) is 13.9. The molecule has 1 aromatic rings. The van der Waals surface area contributed by atoms with Crippen molar-refractivity contribution < 1.29 is 8.42 Å². The average Bonchev–Trinajstić information content (AvgIpc) is 2.87. The van der Waals surface area contributed by atoms with Gasteiger partial charge in [0.05, 0.1) is 5.75 Å². The van der Waals surface area contributed by atoms with E-state index in [1.165, 1.54) is 0 Å². The maximum absolute atomic E-state index is 11.7. The molecule has 1 saturated heterocycles. The van der Waals surface area contributed by atoms with Gasteiger partial charge in [-0.15, -0.1) is 21.5 Å². The molecule has 0 aliphatic carbocycles. The Morgan fingerprint density at radius 2 is 1.94 bits per heavy atom. The van der Waals surface area contributed by atoms with Crippen LogP contribution in [0.25, 0.3) is 0 Å². The summed E-state index contributed by atoms with van der Waals surface area (Å²) in [6.07, 6.45) is 2.63. The van der Waals surface area contributed by atoms with Crippen molar-refractivity contribution in [1.29, 1.82) is 0 Å². The van der Waals surface area contributed by atoms with Crippen LogP contribution in [0.1, 0.15) is 42.6 Å². The summed E-state index contributed by atoms with van der Waals surface area (Å²) in [6, 6.07) is 0. The third kappa shape index (κ3) is 2.89. The van der Waals surface area contributed by atoms with E-state index in [4.69, 9.17) is 0 Å². The number of nitrogens with zero attached hydrogens (tertiary/aromatic N) is 3. The van der Waals surface area contributed by atoms with Crippen LogP contribution >= 0.6 is 11.3 Å². The largest absolute Gasteiger partial charge is 0.213 e. The molecule has 0 unspecified atom stereocenters. The molecule has 1 aliphatic heterocycles. The summed E-state index contributed by atoms with van der Waals surface area (Å²) < 4.78 is 25.1. The van der Waals surface area contributed by atoms with Crippen molar-refractivity contribution in [3.8, 4) is 0 Å². The average molecular weight is 289 g/mol. The predicted octanol–water partition coefficient (Wildman–Crippen LogP) is 1.63. The molecule has 0 saturated carbocycles. The van der Waals surface area contributed by atoms with E-state index in [0.717, 1.165) is 29.3 Å². The molecule has 2 rings (SSSR count). The number of piperidine rings is 1. The molecule has 1 fully saturated rings. The van der Waals surface area contributed by atoms with Crippen molar-refractivity contribution in [2.24, 2.45) is 0 Å². The first-order chi connectivity index (χ1) is 8.56. The highest BCUT2D eigenvalue weighted by Gasteiger charge is 2.28. The normalized spacial score (nSPS) is 19.2. The Hall–Kier alpha value is -0.530. The van der Waals surface area contributed by atoms with Crippen molar-refractivity contribution in [2.75, 3.05) is 18.8 Å². The maximum atomic E-state index is 11.7. The molecule has 7 heteroatoms. The lowest BCUT2D eigenvalue weighted by Gasteiger charge is -2.29. The number of aryl methyl sites for hydroxylation is 1. The van der Waals surface area contributed by atoms with Crippen LogP contribution in [0.5, 0.6) is 0 Å². The van der Waals surface area contributed by atoms with Crippen molar-refractivity contribution in [3.05, 3.63) is 10.0 Å². The highest BCUT2D eigenvalue weighted by Crippen LogP contribution is 2.31. The second-order valence-corrected chi connectivity index (χ2v) is 7.81. The minimum absolute atomic E-state index is 0.191. The van der Waals surface area contributed by atoms with Crippen LogP contribution in [0.3, 0.4) is 0 Å². The third-order valence-corrected chi connectivity index (χ3v) is 6.46. The standard InChI is InChI=1S/C11H19N3O2S2/c1-3-10-12-13-11(17-10)9-5-7-14(8-6-9)18(15,16)4-2/h9H,3-8H2,1-2H3. The van der Waals surface area contributed by atoms with Gasteiger partial charge in [-0.1, -0.05) is 6.92 Å². The number of sulfonamides is 1. The van der Waals surface area contributed by atoms with Gasteiger partial charge < -0.3 is 0 Å². The Labute approximate surface area is 112 Å². The number of hydrogen-bond acceptors (Lipinski definition) is 5. The molecule has 1 aromatic heterocycles. The van der Waals surface area contributed by atoms with E-state index in [-0.39, 0.29) is 5.75 Å². The second-order valence-electron chi connectivity index (χ2n) is 4.46. The number of rotatable bonds is 4. The molecule has 1 aliphatic rings. The first-order valence-electron chi connectivity index (χ1n) is 6.37. The Morgan fingerprint density at radius 1 is 1.28 bits per heavy atom. The van der Waals surface area contributed by atoms with Crippen LogP contribution in [0.4, 0.5) is 0 Å². The van der Waals surface area contributed by atoms with Gasteiger partial charge in [0.2, 0.25) is 10.0 Å². The van der Waals surface area contributed by atoms with Crippen LogP contribution < -0.4 is 0 Å². The number of aromatic nitrogens is 2. The minimum atomic E-state index is -3.03. The summed E-state index contributed by atoms with van der Waals surface area (Å²) in [5.74, 6) is 0.572. The summed E-state index contributed by atoms with van der Waals surface area (Å²) in [6.45, 7) is 4.99. The Balaban J connectivity index is 1.98. The molecule has 0 bridgehead atoms. The third-order valence-electron chi connectivity index (χ3n) is 3.35. The summed E-state index contributed by atoms with van der Waals surface area (Å²) in [5.41, 5.74) is 0. The molecule has 102 valence electrons. The Morgan fingerprint density at radius 3 is 2.44 bits per heavy atom. The van der Waals surface area contributed by atoms with Crippen LogP contribution in [0, 0.1) is 0 Å². The molecular formula is C11H19N3O2S2. The van der Waals surface area contributed by atoms with Gasteiger partial charge in [0.25, 0.3) is 0 Å². The lowest BCUT2D eigenvalue weighted by Crippen LogP contribution is -2.38. The lowest BCUT2D eigenvalue weighted by molar-refractivity contribution is 0.319. The van der Waals surface area contributed by atoms with Gasteiger partial charge in [-0.25, -0.2) is 12.7 Å². The molecule has 0 spiro atoms. The van der Waals surface area contributed by atoms with Crippen molar-refractivity contribution in [3.63, 3.8) is 0 Å². The smallest absolute Gasteiger partial charge is 0.212 e. The topological polar surface area (TPSA) is 63.2 Å². The van der Waals surface area contributed by atoms with Crippen LogP contribution in [-0.2, 0) is 16.4 Å². The molecule has 0 N–H and O–H groups in total. The SMILES string of the molecule is CCc1nnc(C2CCN(S(=O)(=O)CC)CC2)s1. The summed E-state index contributed by atoms with van der Waals surface area (Å²) in [7, 11) is -3.03. The predicted molar refractivity (Wildman–Crippen MR) is 72.3 cm³/mol. The van der Waals surface area contributed by atoms with Gasteiger partial charge in [-0.2, -0.15) is 0 Å². The lowest BCUT2D eigenvalue weighted by atomic mass is 9.99. The first-order valence-corrected chi connectivity index (χ1v) is 8.79. The highest BCUT2D eigenvalue weighted by atomic mass is 32.2. The monoisotopic (exact) mass is 289 g/mol. The van der Waals surface area contributed by atoms with Crippen LogP contribution in [-0.4, -0.2) is 41.8 Å². The van der Waals surface area contributed by atoms with Gasteiger partial charge in [-0.3, -0.25) is 0 Å². The Kier molecular flexibility index (Phi) is 4.34. The molecule has 0 aromatic carbocycles. The van der Waals surface area contributed by atoms with Crippen LogP contribution in [0.2, 0.25) is 0 Å². The molecule has 2 heterocycles. The van der Waals surface area contributed by atoms with Crippen molar-refractivity contribution in [2.45, 2.75) is 39.0 Å². The van der Waals surface area contributed by atoms with Crippen molar-refractivity contribution in [1.82, 2.24) is 14.5 Å². The molecular weight excluding hydrogens is 270 g/mol. The molecule has 18 heavy (non-hydrogen) atoms. The maximum Gasteiger partial charge on any atom is 0.213 e. The van der Waals surface area contributed by atoms with Crippen molar-refractivity contribution >= 4 is 21.4 Å². The van der Waals surface area contributed by atoms with E-state index in [0.29, 0.717) is 19.0 Å². The van der Waals surface area contributed by atoms with Gasteiger partial charge in [0.1, 0.15) is 10.0 Å². The summed E-state index contributed by atoms with van der Waals surface area (Å²) in [4.78, 5) is 0. The number of hydrogen-bond donors (Lipinski definition) is 0. The molecule has 5 nitrogen and oxygen atoms in total. The molecule has 0 amide bonds. The van der Waals surface area contributed by atoms with Gasteiger partial charge in [0, 0.05) is 19.0 Å². The van der Waals surface area contributed by atoms with E-state index < -0.39 is 10.0 Å². The van der Waals surface area contributed by atoms with E-state index in [2.05, 4.69) is 17.1 Å². The summed E-state index contributed by atoms with van der Waals surface area (Å²) >= 11 is 1.66. The van der Waals surface area contributed by atoms with E-state index in [9.17, 15) is 8.42 Å². The van der Waals surface area contributed by atoms with E-state index >= 15 is 0 Å². The second kappa shape index (κ2) is 5.63. The van der Waals surface area contributed by atoms with E-state index in [1.807, 2.05) is 0 Å². The zero-order valence-electron chi connectivity index (χ0n) is 10.8. The zero-order valence-corrected chi connectivity index (χ0v) is 12.4. The minimum Gasteiger partial charge on any atom is -0.212 e. The fourth-order valence-corrected chi connectivity index (χ4v) is 4.22. The quantitative estimate of drug-likeness (QED) is 0.845. The highest BCUT2D eigenvalue weighted by molar-refractivity contribution is 7.89. The van der Waals surface area contributed by atoms with Gasteiger partial charge >= 0.3 is 0 Å². The zero-order chi connectivity index (χ0) is 13.2. The Bertz CT molecular complexity index is 490.